The summed E-state index contributed by atoms with van der Waals surface area (Å²) in [5.74, 6) is 0. The Labute approximate surface area is 111 Å². The van der Waals surface area contributed by atoms with E-state index in [2.05, 4.69) is 15.9 Å². The van der Waals surface area contributed by atoms with Crippen molar-refractivity contribution < 1.29 is 8.42 Å². The maximum Gasteiger partial charge on any atom is 0.243 e. The fourth-order valence-corrected chi connectivity index (χ4v) is 4.37. The smallest absolute Gasteiger partial charge is 0.207 e. The molecule has 5 heteroatoms. The van der Waals surface area contributed by atoms with Crippen LogP contribution < -0.4 is 0 Å². The van der Waals surface area contributed by atoms with E-state index in [-0.39, 0.29) is 5.54 Å². The summed E-state index contributed by atoms with van der Waals surface area (Å²) >= 11 is 3.31. The molecule has 3 nitrogen and oxygen atoms in total. The standard InChI is InChI=1S/C12H16BrNO2S/c1-12(2)8-3-9-14(12)17(15,16)11-6-4-10(13)5-7-11/h4-7H,3,8-9H2,1-2H3. The number of sulfonamides is 1. The molecule has 0 N–H and O–H groups in total. The van der Waals surface area contributed by atoms with Crippen LogP contribution in [-0.2, 0) is 10.0 Å². The van der Waals surface area contributed by atoms with Crippen LogP contribution in [0.1, 0.15) is 26.7 Å². The highest BCUT2D eigenvalue weighted by Gasteiger charge is 2.40. The highest BCUT2D eigenvalue weighted by molar-refractivity contribution is 9.10. The summed E-state index contributed by atoms with van der Waals surface area (Å²) in [5.41, 5.74) is -0.272. The minimum Gasteiger partial charge on any atom is -0.207 e. The zero-order valence-electron chi connectivity index (χ0n) is 9.98. The number of nitrogens with zero attached hydrogens (tertiary/aromatic N) is 1. The molecule has 1 saturated heterocycles. The van der Waals surface area contributed by atoms with Gasteiger partial charge in [0.15, 0.2) is 0 Å². The topological polar surface area (TPSA) is 37.4 Å². The van der Waals surface area contributed by atoms with Crippen LogP contribution >= 0.6 is 15.9 Å². The van der Waals surface area contributed by atoms with E-state index in [1.54, 1.807) is 28.6 Å². The Morgan fingerprint density at radius 2 is 1.82 bits per heavy atom. The quantitative estimate of drug-likeness (QED) is 0.840. The lowest BCUT2D eigenvalue weighted by molar-refractivity contribution is 0.291. The molecule has 1 aromatic carbocycles. The molecule has 17 heavy (non-hydrogen) atoms. The van der Waals surface area contributed by atoms with Crippen molar-refractivity contribution >= 4 is 26.0 Å². The van der Waals surface area contributed by atoms with E-state index in [4.69, 9.17) is 0 Å². The number of rotatable bonds is 2. The van der Waals surface area contributed by atoms with E-state index >= 15 is 0 Å². The Kier molecular flexibility index (Phi) is 3.36. The summed E-state index contributed by atoms with van der Waals surface area (Å²) in [6, 6.07) is 6.81. The Hall–Kier alpha value is -0.390. The van der Waals surface area contributed by atoms with Gasteiger partial charge < -0.3 is 0 Å². The molecular formula is C12H16BrNO2S. The van der Waals surface area contributed by atoms with Gasteiger partial charge in [-0.3, -0.25) is 0 Å². The van der Waals surface area contributed by atoms with Crippen LogP contribution in [0.15, 0.2) is 33.6 Å². The van der Waals surface area contributed by atoms with Crippen LogP contribution in [0.25, 0.3) is 0 Å². The minimum atomic E-state index is -3.35. The van der Waals surface area contributed by atoms with E-state index in [1.165, 1.54) is 0 Å². The highest BCUT2D eigenvalue weighted by atomic mass is 79.9. The van der Waals surface area contributed by atoms with Gasteiger partial charge in [0.2, 0.25) is 10.0 Å². The molecule has 0 radical (unpaired) electrons. The highest BCUT2D eigenvalue weighted by Crippen LogP contribution is 2.34. The molecule has 1 aliphatic rings. The summed E-state index contributed by atoms with van der Waals surface area (Å²) in [5, 5.41) is 0. The second-order valence-corrected chi connectivity index (χ2v) is 7.73. The van der Waals surface area contributed by atoms with Crippen molar-refractivity contribution in [2.75, 3.05) is 6.54 Å². The van der Waals surface area contributed by atoms with E-state index in [9.17, 15) is 8.42 Å². The average molecular weight is 318 g/mol. The van der Waals surface area contributed by atoms with E-state index in [1.807, 2.05) is 13.8 Å². The SMILES string of the molecule is CC1(C)CCCN1S(=O)(=O)c1ccc(Br)cc1. The van der Waals surface area contributed by atoms with E-state index < -0.39 is 10.0 Å². The first-order valence-electron chi connectivity index (χ1n) is 5.62. The first-order valence-corrected chi connectivity index (χ1v) is 7.86. The minimum absolute atomic E-state index is 0.272. The van der Waals surface area contributed by atoms with Crippen molar-refractivity contribution in [1.29, 1.82) is 0 Å². The summed E-state index contributed by atoms with van der Waals surface area (Å²) in [6.45, 7) is 4.58. The average Bonchev–Trinajstić information content (AvgIpc) is 2.59. The molecule has 94 valence electrons. The van der Waals surface area contributed by atoms with Crippen molar-refractivity contribution in [3.63, 3.8) is 0 Å². The molecule has 1 aliphatic heterocycles. The van der Waals surface area contributed by atoms with Gasteiger partial charge in [-0.15, -0.1) is 0 Å². The van der Waals surface area contributed by atoms with Gasteiger partial charge in [0, 0.05) is 16.6 Å². The summed E-state index contributed by atoms with van der Waals surface area (Å²) in [6.07, 6.45) is 1.85. The molecule has 0 unspecified atom stereocenters. The maximum atomic E-state index is 12.5. The first kappa shape index (κ1) is 13.1. The number of hydrogen-bond donors (Lipinski definition) is 0. The lowest BCUT2D eigenvalue weighted by Crippen LogP contribution is -2.42. The molecule has 0 aromatic heterocycles. The van der Waals surface area contributed by atoms with Crippen molar-refractivity contribution in [3.05, 3.63) is 28.7 Å². The zero-order valence-corrected chi connectivity index (χ0v) is 12.4. The Balaban J connectivity index is 2.40. The number of hydrogen-bond acceptors (Lipinski definition) is 2. The molecule has 1 fully saturated rings. The number of halogens is 1. The van der Waals surface area contributed by atoms with Crippen molar-refractivity contribution in [3.8, 4) is 0 Å². The fourth-order valence-electron chi connectivity index (χ4n) is 2.26. The molecule has 0 bridgehead atoms. The third kappa shape index (κ3) is 2.41. The molecule has 2 rings (SSSR count). The molecule has 0 atom stereocenters. The van der Waals surface area contributed by atoms with E-state index in [0.29, 0.717) is 11.4 Å². The van der Waals surface area contributed by atoms with Gasteiger partial charge in [0.1, 0.15) is 0 Å². The van der Waals surface area contributed by atoms with Crippen LogP contribution in [0.2, 0.25) is 0 Å². The van der Waals surface area contributed by atoms with Crippen LogP contribution in [0.3, 0.4) is 0 Å². The Morgan fingerprint density at radius 3 is 2.29 bits per heavy atom. The molecule has 0 spiro atoms. The summed E-state index contributed by atoms with van der Waals surface area (Å²) < 4.78 is 27.4. The molecule has 0 saturated carbocycles. The first-order chi connectivity index (χ1) is 7.84. The van der Waals surface area contributed by atoms with Gasteiger partial charge in [0.25, 0.3) is 0 Å². The molecular weight excluding hydrogens is 302 g/mol. The van der Waals surface area contributed by atoms with E-state index in [0.717, 1.165) is 17.3 Å². The lowest BCUT2D eigenvalue weighted by Gasteiger charge is -2.30. The van der Waals surface area contributed by atoms with Gasteiger partial charge in [-0.2, -0.15) is 4.31 Å². The summed E-state index contributed by atoms with van der Waals surface area (Å²) in [4.78, 5) is 0.371. The van der Waals surface area contributed by atoms with Crippen LogP contribution in [0, 0.1) is 0 Å². The largest absolute Gasteiger partial charge is 0.243 e. The summed E-state index contributed by atoms with van der Waals surface area (Å²) in [7, 11) is -3.35. The second-order valence-electron chi connectivity index (χ2n) is 4.95. The Morgan fingerprint density at radius 1 is 1.24 bits per heavy atom. The predicted octanol–water partition coefficient (Wildman–Crippen LogP) is 3.01. The maximum absolute atomic E-state index is 12.5. The van der Waals surface area contributed by atoms with Crippen molar-refractivity contribution in [2.24, 2.45) is 0 Å². The van der Waals surface area contributed by atoms with Crippen LogP contribution in [0.4, 0.5) is 0 Å². The van der Waals surface area contributed by atoms with Gasteiger partial charge in [-0.05, 0) is 51.0 Å². The predicted molar refractivity (Wildman–Crippen MR) is 71.3 cm³/mol. The molecule has 0 amide bonds. The van der Waals surface area contributed by atoms with Gasteiger partial charge in [-0.25, -0.2) is 8.42 Å². The van der Waals surface area contributed by atoms with Crippen LogP contribution in [0.5, 0.6) is 0 Å². The zero-order chi connectivity index (χ0) is 12.7. The Bertz CT molecular complexity index is 508. The van der Waals surface area contributed by atoms with Crippen LogP contribution in [-0.4, -0.2) is 24.8 Å². The van der Waals surface area contributed by atoms with Crippen molar-refractivity contribution in [1.82, 2.24) is 4.31 Å². The fraction of sp³-hybridized carbons (Fsp3) is 0.500. The van der Waals surface area contributed by atoms with Gasteiger partial charge >= 0.3 is 0 Å². The molecule has 0 aliphatic carbocycles. The van der Waals surface area contributed by atoms with Crippen molar-refractivity contribution in [2.45, 2.75) is 37.1 Å². The second kappa shape index (κ2) is 4.37. The molecule has 1 heterocycles. The van der Waals surface area contributed by atoms with Gasteiger partial charge in [0.05, 0.1) is 4.90 Å². The number of benzene rings is 1. The van der Waals surface area contributed by atoms with Gasteiger partial charge in [-0.1, -0.05) is 15.9 Å². The monoisotopic (exact) mass is 317 g/mol. The lowest BCUT2D eigenvalue weighted by atomic mass is 10.0. The third-order valence-electron chi connectivity index (χ3n) is 3.23. The molecule has 1 aromatic rings. The normalized spacial score (nSPS) is 20.6. The third-order valence-corrected chi connectivity index (χ3v) is 5.88.